The van der Waals surface area contributed by atoms with Crippen molar-refractivity contribution < 1.29 is 14.3 Å². The second kappa shape index (κ2) is 9.74. The molecule has 1 N–H and O–H groups in total. The van der Waals surface area contributed by atoms with E-state index in [9.17, 15) is 9.59 Å². The first-order chi connectivity index (χ1) is 13.7. The highest BCUT2D eigenvalue weighted by Crippen LogP contribution is 2.20. The molecule has 1 aliphatic rings. The average Bonchev–Trinajstić information content (AvgIpc) is 3.02. The van der Waals surface area contributed by atoms with Gasteiger partial charge in [0.1, 0.15) is 5.75 Å². The van der Waals surface area contributed by atoms with Crippen LogP contribution in [-0.2, 0) is 4.79 Å². The number of ether oxygens (including phenoxy) is 1. The Morgan fingerprint density at radius 2 is 1.64 bits per heavy atom. The molecule has 28 heavy (non-hydrogen) atoms. The molecule has 1 fully saturated rings. The monoisotopic (exact) mass is 378 g/mol. The van der Waals surface area contributed by atoms with Crippen molar-refractivity contribution in [2.45, 2.75) is 25.7 Å². The average molecular weight is 378 g/mol. The Bertz CT molecular complexity index is 835. The van der Waals surface area contributed by atoms with Crippen molar-refractivity contribution >= 4 is 23.6 Å². The summed E-state index contributed by atoms with van der Waals surface area (Å²) in [4.78, 5) is 27.2. The topological polar surface area (TPSA) is 58.6 Å². The Hall–Kier alpha value is -3.08. The second-order valence-corrected chi connectivity index (χ2v) is 6.85. The van der Waals surface area contributed by atoms with Crippen molar-refractivity contribution in [1.29, 1.82) is 0 Å². The van der Waals surface area contributed by atoms with E-state index in [2.05, 4.69) is 5.32 Å². The summed E-state index contributed by atoms with van der Waals surface area (Å²) < 4.78 is 5.13. The van der Waals surface area contributed by atoms with Crippen LogP contribution in [0.4, 0.5) is 5.69 Å². The minimum Gasteiger partial charge on any atom is -0.497 e. The summed E-state index contributed by atoms with van der Waals surface area (Å²) in [5.74, 6) is 0.478. The van der Waals surface area contributed by atoms with Gasteiger partial charge in [0.15, 0.2) is 0 Å². The van der Waals surface area contributed by atoms with Crippen molar-refractivity contribution in [3.63, 3.8) is 0 Å². The molecule has 3 rings (SSSR count). The molecule has 1 saturated heterocycles. The van der Waals surface area contributed by atoms with Gasteiger partial charge in [-0.25, -0.2) is 0 Å². The zero-order chi connectivity index (χ0) is 19.8. The molecule has 0 radical (unpaired) electrons. The van der Waals surface area contributed by atoms with Gasteiger partial charge < -0.3 is 15.0 Å². The Kier molecular flexibility index (Phi) is 6.84. The number of carbonyl (C=O) groups excluding carboxylic acids is 2. The summed E-state index contributed by atoms with van der Waals surface area (Å²) in [6.45, 7) is 1.55. The van der Waals surface area contributed by atoms with Crippen LogP contribution in [0, 0.1) is 0 Å². The van der Waals surface area contributed by atoms with Crippen LogP contribution in [0.5, 0.6) is 5.75 Å². The zero-order valence-corrected chi connectivity index (χ0v) is 16.2. The van der Waals surface area contributed by atoms with Crippen LogP contribution in [0.1, 0.15) is 41.6 Å². The van der Waals surface area contributed by atoms with Gasteiger partial charge in [-0.1, -0.05) is 37.1 Å². The molecule has 5 heteroatoms. The van der Waals surface area contributed by atoms with Crippen LogP contribution in [-0.4, -0.2) is 36.9 Å². The van der Waals surface area contributed by atoms with Crippen molar-refractivity contribution in [3.8, 4) is 5.75 Å². The molecular weight excluding hydrogens is 352 g/mol. The third kappa shape index (κ3) is 5.22. The summed E-state index contributed by atoms with van der Waals surface area (Å²) in [7, 11) is 1.61. The smallest absolute Gasteiger partial charge is 0.255 e. The van der Waals surface area contributed by atoms with Crippen LogP contribution in [0.2, 0.25) is 0 Å². The van der Waals surface area contributed by atoms with E-state index in [1.54, 1.807) is 25.3 Å². The van der Waals surface area contributed by atoms with E-state index in [-0.39, 0.29) is 11.8 Å². The molecule has 5 nitrogen and oxygen atoms in total. The third-order valence-corrected chi connectivity index (χ3v) is 4.85. The lowest BCUT2D eigenvalue weighted by Crippen LogP contribution is -2.32. The van der Waals surface area contributed by atoms with E-state index in [0.29, 0.717) is 11.3 Å². The fraction of sp³-hybridized carbons (Fsp3) is 0.304. The van der Waals surface area contributed by atoms with Crippen LogP contribution < -0.4 is 10.1 Å². The molecule has 0 unspecified atom stereocenters. The highest BCUT2D eigenvalue weighted by atomic mass is 16.5. The largest absolute Gasteiger partial charge is 0.497 e. The van der Waals surface area contributed by atoms with Gasteiger partial charge in [0, 0.05) is 19.2 Å². The van der Waals surface area contributed by atoms with Gasteiger partial charge in [0.05, 0.1) is 18.4 Å². The van der Waals surface area contributed by atoms with Gasteiger partial charge in [-0.3, -0.25) is 9.59 Å². The molecule has 1 aliphatic heterocycles. The number of carbonyl (C=O) groups is 2. The van der Waals surface area contributed by atoms with Crippen LogP contribution in [0.3, 0.4) is 0 Å². The summed E-state index contributed by atoms with van der Waals surface area (Å²) in [5.41, 5.74) is 1.97. The highest BCUT2D eigenvalue weighted by molar-refractivity contribution is 6.07. The number of para-hydroxylation sites is 1. The summed E-state index contributed by atoms with van der Waals surface area (Å²) in [6.07, 6.45) is 7.59. The van der Waals surface area contributed by atoms with Crippen LogP contribution in [0.15, 0.2) is 54.6 Å². The molecule has 0 aliphatic carbocycles. The van der Waals surface area contributed by atoms with Crippen molar-refractivity contribution in [3.05, 3.63) is 65.7 Å². The normalized spacial score (nSPS) is 14.5. The van der Waals surface area contributed by atoms with Gasteiger partial charge in [-0.05, 0) is 48.7 Å². The molecule has 0 atom stereocenters. The van der Waals surface area contributed by atoms with E-state index < -0.39 is 0 Å². The molecular formula is C23H26N2O3. The highest BCUT2D eigenvalue weighted by Gasteiger charge is 2.20. The number of rotatable bonds is 5. The first-order valence-corrected chi connectivity index (χ1v) is 9.69. The van der Waals surface area contributed by atoms with Gasteiger partial charge in [-0.2, -0.15) is 0 Å². The number of nitrogens with one attached hydrogen (secondary N) is 1. The first-order valence-electron chi connectivity index (χ1n) is 9.69. The summed E-state index contributed by atoms with van der Waals surface area (Å²) in [5, 5.41) is 2.84. The maximum absolute atomic E-state index is 12.9. The Labute approximate surface area is 166 Å². The van der Waals surface area contributed by atoms with E-state index in [0.717, 1.165) is 50.1 Å². The lowest BCUT2D eigenvalue weighted by molar-refractivity contribution is -0.111. The van der Waals surface area contributed by atoms with Crippen molar-refractivity contribution in [2.75, 3.05) is 25.5 Å². The standard InChI is InChI=1S/C23H26N2O3/c1-28-19-13-10-18(11-14-19)12-15-22(26)24-21-9-5-4-8-20(21)23(27)25-16-6-2-3-7-17-25/h4-5,8-15H,2-3,6-7,16-17H2,1H3,(H,24,26)/b15-12+. The van der Waals surface area contributed by atoms with Crippen molar-refractivity contribution in [2.24, 2.45) is 0 Å². The molecule has 2 aromatic rings. The maximum Gasteiger partial charge on any atom is 0.255 e. The molecule has 146 valence electrons. The van der Waals surface area contributed by atoms with Gasteiger partial charge in [0.2, 0.25) is 5.91 Å². The number of benzene rings is 2. The molecule has 1 heterocycles. The summed E-state index contributed by atoms with van der Waals surface area (Å²) >= 11 is 0. The fourth-order valence-corrected chi connectivity index (χ4v) is 3.28. The van der Waals surface area contributed by atoms with E-state index in [1.807, 2.05) is 41.3 Å². The number of amides is 2. The lowest BCUT2D eigenvalue weighted by atomic mass is 10.1. The van der Waals surface area contributed by atoms with Gasteiger partial charge in [0.25, 0.3) is 5.91 Å². The van der Waals surface area contributed by atoms with Gasteiger partial charge in [-0.15, -0.1) is 0 Å². The predicted octanol–water partition coefficient (Wildman–Crippen LogP) is 4.36. The maximum atomic E-state index is 12.9. The number of anilines is 1. The molecule has 0 saturated carbocycles. The van der Waals surface area contributed by atoms with Crippen LogP contribution >= 0.6 is 0 Å². The number of hydrogen-bond acceptors (Lipinski definition) is 3. The minimum atomic E-state index is -0.271. The number of likely N-dealkylation sites (tertiary alicyclic amines) is 1. The predicted molar refractivity (Wildman–Crippen MR) is 111 cm³/mol. The zero-order valence-electron chi connectivity index (χ0n) is 16.2. The minimum absolute atomic E-state index is 0.0167. The number of hydrogen-bond donors (Lipinski definition) is 1. The molecule has 0 aromatic heterocycles. The van der Waals surface area contributed by atoms with Crippen molar-refractivity contribution in [1.82, 2.24) is 4.90 Å². The Morgan fingerprint density at radius 3 is 2.32 bits per heavy atom. The molecule has 0 bridgehead atoms. The quantitative estimate of drug-likeness (QED) is 0.787. The summed E-state index contributed by atoms with van der Waals surface area (Å²) in [6, 6.07) is 14.6. The van der Waals surface area contributed by atoms with E-state index >= 15 is 0 Å². The Morgan fingerprint density at radius 1 is 0.964 bits per heavy atom. The van der Waals surface area contributed by atoms with Crippen LogP contribution in [0.25, 0.3) is 6.08 Å². The first kappa shape index (κ1) is 19.7. The SMILES string of the molecule is COc1ccc(/C=C/C(=O)Nc2ccccc2C(=O)N2CCCCCC2)cc1. The lowest BCUT2D eigenvalue weighted by Gasteiger charge is -2.21. The number of methoxy groups -OCH3 is 1. The molecule has 2 aromatic carbocycles. The van der Waals surface area contributed by atoms with E-state index in [1.165, 1.54) is 6.08 Å². The third-order valence-electron chi connectivity index (χ3n) is 4.85. The molecule has 2 amide bonds. The number of nitrogens with zero attached hydrogens (tertiary/aromatic N) is 1. The van der Waals surface area contributed by atoms with Gasteiger partial charge >= 0.3 is 0 Å². The second-order valence-electron chi connectivity index (χ2n) is 6.85. The molecule has 0 spiro atoms. The fourth-order valence-electron chi connectivity index (χ4n) is 3.28. The Balaban J connectivity index is 1.68. The van der Waals surface area contributed by atoms with E-state index in [4.69, 9.17) is 4.74 Å².